The Bertz CT molecular complexity index is 288. The summed E-state index contributed by atoms with van der Waals surface area (Å²) in [7, 11) is 2.28. The quantitative estimate of drug-likeness (QED) is 0.665. The third-order valence-electron chi connectivity index (χ3n) is 4.39. The van der Waals surface area contributed by atoms with Crippen molar-refractivity contribution in [3.63, 3.8) is 0 Å². The molecule has 0 aromatic rings. The number of hydrogen-bond acceptors (Lipinski definition) is 1. The largest absolute Gasteiger partial charge is 0.303 e. The van der Waals surface area contributed by atoms with Crippen LogP contribution in [0.5, 0.6) is 0 Å². The van der Waals surface area contributed by atoms with Crippen molar-refractivity contribution < 1.29 is 0 Å². The van der Waals surface area contributed by atoms with Gasteiger partial charge >= 0.3 is 0 Å². The summed E-state index contributed by atoms with van der Waals surface area (Å²) in [6.07, 6.45) is 3.89. The minimum atomic E-state index is 0.522. The monoisotopic (exact) mass is 249 g/mol. The second-order valence-electron chi connectivity index (χ2n) is 6.76. The van der Waals surface area contributed by atoms with E-state index in [9.17, 15) is 0 Å². The summed E-state index contributed by atoms with van der Waals surface area (Å²) in [5.41, 5.74) is 0. The molecule has 0 heterocycles. The molecule has 18 heavy (non-hydrogen) atoms. The van der Waals surface area contributed by atoms with E-state index in [0.717, 1.165) is 17.9 Å². The summed E-state index contributed by atoms with van der Waals surface area (Å²) < 4.78 is 0. The summed E-state index contributed by atoms with van der Waals surface area (Å²) in [5.74, 6) is 9.55. The second kappa shape index (κ2) is 7.19. The van der Waals surface area contributed by atoms with E-state index in [1.165, 1.54) is 25.8 Å². The van der Waals surface area contributed by atoms with Crippen molar-refractivity contribution in [2.75, 3.05) is 13.6 Å². The van der Waals surface area contributed by atoms with Gasteiger partial charge in [0.15, 0.2) is 0 Å². The van der Waals surface area contributed by atoms with Crippen LogP contribution in [0, 0.1) is 35.5 Å². The van der Waals surface area contributed by atoms with E-state index in [2.05, 4.69) is 58.4 Å². The summed E-state index contributed by atoms with van der Waals surface area (Å²) in [6.45, 7) is 12.6. The molecule has 1 nitrogen and oxygen atoms in total. The van der Waals surface area contributed by atoms with Crippen LogP contribution in [0.25, 0.3) is 0 Å². The zero-order chi connectivity index (χ0) is 13.7. The molecular weight excluding hydrogens is 218 g/mol. The molecule has 0 amide bonds. The first-order chi connectivity index (χ1) is 8.40. The summed E-state index contributed by atoms with van der Waals surface area (Å²) in [6, 6.07) is 0.788. The van der Waals surface area contributed by atoms with Gasteiger partial charge in [0.05, 0.1) is 0 Å². The molecule has 0 saturated heterocycles. The molecule has 1 atom stereocenters. The van der Waals surface area contributed by atoms with Crippen molar-refractivity contribution >= 4 is 0 Å². The molecule has 0 spiro atoms. The molecule has 0 N–H and O–H groups in total. The van der Waals surface area contributed by atoms with E-state index in [1.807, 2.05) is 0 Å². The lowest BCUT2D eigenvalue weighted by molar-refractivity contribution is 0.119. The van der Waals surface area contributed by atoms with Crippen LogP contribution in [-0.2, 0) is 0 Å². The summed E-state index contributed by atoms with van der Waals surface area (Å²) in [5, 5.41) is 0. The summed E-state index contributed by atoms with van der Waals surface area (Å²) in [4.78, 5) is 2.55. The molecular formula is C17H31N. The van der Waals surface area contributed by atoms with E-state index < -0.39 is 0 Å². The predicted molar refractivity (Wildman–Crippen MR) is 80.4 cm³/mol. The fraction of sp³-hybridized carbons (Fsp3) is 0.882. The maximum absolute atomic E-state index is 3.41. The fourth-order valence-electron chi connectivity index (χ4n) is 2.27. The first-order valence-electron chi connectivity index (χ1n) is 7.61. The van der Waals surface area contributed by atoms with Crippen LogP contribution in [0.1, 0.15) is 53.9 Å². The molecule has 1 rings (SSSR count). The van der Waals surface area contributed by atoms with Gasteiger partial charge in [-0.2, -0.15) is 0 Å². The maximum atomic E-state index is 3.41. The molecule has 0 aromatic carbocycles. The Kier molecular flexibility index (Phi) is 6.22. The Morgan fingerprint density at radius 1 is 1.11 bits per heavy atom. The fourth-order valence-corrected chi connectivity index (χ4v) is 2.27. The number of nitrogens with zero attached hydrogens (tertiary/aromatic N) is 1. The molecule has 1 fully saturated rings. The van der Waals surface area contributed by atoms with Crippen molar-refractivity contribution in [2.24, 2.45) is 23.7 Å². The van der Waals surface area contributed by atoms with Crippen LogP contribution in [0.15, 0.2) is 0 Å². The molecule has 1 aliphatic carbocycles. The average molecular weight is 249 g/mol. The lowest BCUT2D eigenvalue weighted by atomic mass is 9.79. The van der Waals surface area contributed by atoms with Gasteiger partial charge < -0.3 is 4.90 Å². The SMILES string of the molecule is CC(C)C#CC1CC(N(C)CCC(C)C(C)C)C1. The van der Waals surface area contributed by atoms with Crippen molar-refractivity contribution in [3.05, 3.63) is 0 Å². The van der Waals surface area contributed by atoms with Gasteiger partial charge in [-0.1, -0.05) is 40.5 Å². The van der Waals surface area contributed by atoms with E-state index >= 15 is 0 Å². The van der Waals surface area contributed by atoms with Crippen LogP contribution >= 0.6 is 0 Å². The predicted octanol–water partition coefficient (Wildman–Crippen LogP) is 4.04. The van der Waals surface area contributed by atoms with Crippen LogP contribution in [0.2, 0.25) is 0 Å². The van der Waals surface area contributed by atoms with Gasteiger partial charge in [-0.15, -0.1) is 5.92 Å². The summed E-state index contributed by atoms with van der Waals surface area (Å²) >= 11 is 0. The van der Waals surface area contributed by atoms with Gasteiger partial charge in [-0.3, -0.25) is 0 Å². The first kappa shape index (κ1) is 15.6. The van der Waals surface area contributed by atoms with Gasteiger partial charge in [0.2, 0.25) is 0 Å². The van der Waals surface area contributed by atoms with Gasteiger partial charge in [-0.25, -0.2) is 0 Å². The first-order valence-corrected chi connectivity index (χ1v) is 7.61. The third-order valence-corrected chi connectivity index (χ3v) is 4.39. The van der Waals surface area contributed by atoms with E-state index in [-0.39, 0.29) is 0 Å². The Hall–Kier alpha value is -0.480. The van der Waals surface area contributed by atoms with Gasteiger partial charge in [0.1, 0.15) is 0 Å². The molecule has 104 valence electrons. The van der Waals surface area contributed by atoms with Crippen molar-refractivity contribution in [1.29, 1.82) is 0 Å². The lowest BCUT2D eigenvalue weighted by Crippen LogP contribution is -2.42. The van der Waals surface area contributed by atoms with Crippen molar-refractivity contribution in [3.8, 4) is 11.8 Å². The highest BCUT2D eigenvalue weighted by atomic mass is 15.1. The van der Waals surface area contributed by atoms with Crippen LogP contribution < -0.4 is 0 Å². The van der Waals surface area contributed by atoms with Crippen molar-refractivity contribution in [2.45, 2.75) is 59.9 Å². The van der Waals surface area contributed by atoms with Crippen LogP contribution in [0.4, 0.5) is 0 Å². The highest BCUT2D eigenvalue weighted by molar-refractivity contribution is 5.10. The third kappa shape index (κ3) is 5.02. The Morgan fingerprint density at radius 2 is 1.72 bits per heavy atom. The molecule has 0 aliphatic heterocycles. The highest BCUT2D eigenvalue weighted by Crippen LogP contribution is 2.31. The molecule has 1 unspecified atom stereocenters. The van der Waals surface area contributed by atoms with Crippen LogP contribution in [-0.4, -0.2) is 24.5 Å². The van der Waals surface area contributed by atoms with Gasteiger partial charge in [-0.05, 0) is 44.7 Å². The van der Waals surface area contributed by atoms with E-state index in [4.69, 9.17) is 0 Å². The highest BCUT2D eigenvalue weighted by Gasteiger charge is 2.30. The molecule has 1 saturated carbocycles. The smallest absolute Gasteiger partial charge is 0.0232 e. The molecule has 0 aromatic heterocycles. The maximum Gasteiger partial charge on any atom is 0.0232 e. The van der Waals surface area contributed by atoms with Gasteiger partial charge in [0, 0.05) is 17.9 Å². The number of hydrogen-bond donors (Lipinski definition) is 0. The average Bonchev–Trinajstić information content (AvgIpc) is 2.22. The zero-order valence-corrected chi connectivity index (χ0v) is 13.2. The Morgan fingerprint density at radius 3 is 2.22 bits per heavy atom. The molecule has 0 radical (unpaired) electrons. The van der Waals surface area contributed by atoms with Crippen LogP contribution in [0.3, 0.4) is 0 Å². The van der Waals surface area contributed by atoms with Crippen molar-refractivity contribution in [1.82, 2.24) is 4.90 Å². The molecule has 1 aliphatic rings. The standard InChI is InChI=1S/C17H31N/c1-13(2)7-8-16-11-17(12-16)18(6)10-9-15(5)14(3)4/h13-17H,9-12H2,1-6H3. The lowest BCUT2D eigenvalue weighted by Gasteiger charge is -2.39. The van der Waals surface area contributed by atoms with E-state index in [1.54, 1.807) is 0 Å². The Balaban J connectivity index is 2.19. The minimum absolute atomic E-state index is 0.522. The molecule has 0 bridgehead atoms. The second-order valence-corrected chi connectivity index (χ2v) is 6.76. The van der Waals surface area contributed by atoms with E-state index in [0.29, 0.717) is 11.8 Å². The normalized spacial score (nSPS) is 24.9. The van der Waals surface area contributed by atoms with Gasteiger partial charge in [0.25, 0.3) is 0 Å². The number of rotatable bonds is 5. The molecule has 1 heteroatoms. The topological polar surface area (TPSA) is 3.24 Å². The Labute approximate surface area is 114 Å². The minimum Gasteiger partial charge on any atom is -0.303 e. The zero-order valence-electron chi connectivity index (χ0n) is 13.2.